The van der Waals surface area contributed by atoms with E-state index < -0.39 is 0 Å². The molecule has 0 fully saturated rings. The fourth-order valence-electron chi connectivity index (χ4n) is 1.55. The largest absolute Gasteiger partial charge is 0.484 e. The number of likely N-dealkylation sites (N-methyl/N-ethyl adjacent to an activating group) is 1. The Morgan fingerprint density at radius 1 is 1.40 bits per heavy atom. The lowest BCUT2D eigenvalue weighted by molar-refractivity contribution is -0.132. The molecule has 2 aromatic rings. The van der Waals surface area contributed by atoms with Crippen LogP contribution in [-0.2, 0) is 11.3 Å². The molecule has 0 aliphatic rings. The zero-order chi connectivity index (χ0) is 14.5. The normalized spacial score (nSPS) is 10.3. The number of aromatic amines is 1. The second kappa shape index (κ2) is 6.51. The molecule has 7 heteroatoms. The fourth-order valence-corrected chi connectivity index (χ4v) is 1.81. The van der Waals surface area contributed by atoms with Crippen LogP contribution in [0.15, 0.2) is 28.7 Å². The minimum Gasteiger partial charge on any atom is -0.484 e. The molecule has 106 valence electrons. The molecule has 0 saturated carbocycles. The first-order valence-corrected chi connectivity index (χ1v) is 6.84. The van der Waals surface area contributed by atoms with Crippen LogP contribution in [0.2, 0.25) is 0 Å². The van der Waals surface area contributed by atoms with Crippen LogP contribution in [0.4, 0.5) is 0 Å². The molecule has 0 atom stereocenters. The molecule has 0 saturated heterocycles. The molecule has 1 amide bonds. The van der Waals surface area contributed by atoms with Crippen molar-refractivity contribution in [1.82, 2.24) is 20.1 Å². The predicted molar refractivity (Wildman–Crippen MR) is 77.2 cm³/mol. The third-order valence-corrected chi connectivity index (χ3v) is 3.15. The summed E-state index contributed by atoms with van der Waals surface area (Å²) in [4.78, 5) is 17.6. The molecule has 1 N–H and O–H groups in total. The first-order valence-electron chi connectivity index (χ1n) is 6.05. The van der Waals surface area contributed by atoms with Crippen molar-refractivity contribution in [3.63, 3.8) is 0 Å². The summed E-state index contributed by atoms with van der Waals surface area (Å²) in [5, 5.41) is 6.73. The number of rotatable bonds is 5. The van der Waals surface area contributed by atoms with E-state index in [-0.39, 0.29) is 12.5 Å². The van der Waals surface area contributed by atoms with E-state index in [1.54, 1.807) is 19.2 Å². The first kappa shape index (κ1) is 14.5. The average Bonchev–Trinajstić information content (AvgIpc) is 2.83. The van der Waals surface area contributed by atoms with E-state index in [9.17, 15) is 4.79 Å². The van der Waals surface area contributed by atoms with Gasteiger partial charge in [0.15, 0.2) is 12.4 Å². The van der Waals surface area contributed by atoms with Crippen molar-refractivity contribution in [3.8, 4) is 5.75 Å². The Hall–Kier alpha value is -1.89. The van der Waals surface area contributed by atoms with Gasteiger partial charge in [0.2, 0.25) is 0 Å². The summed E-state index contributed by atoms with van der Waals surface area (Å²) in [5.41, 5.74) is 0. The number of H-pyrrole nitrogens is 1. The number of nitrogens with one attached hydrogen (secondary N) is 1. The average molecular weight is 339 g/mol. The molecule has 2 rings (SSSR count). The summed E-state index contributed by atoms with van der Waals surface area (Å²) in [7, 11) is 1.69. The number of hydrogen-bond acceptors (Lipinski definition) is 4. The lowest BCUT2D eigenvalue weighted by atomic mass is 10.3. The Bertz CT molecular complexity index is 582. The molecule has 1 aromatic heterocycles. The summed E-state index contributed by atoms with van der Waals surface area (Å²) in [5.74, 6) is 1.84. The van der Waals surface area contributed by atoms with Crippen LogP contribution in [-0.4, -0.2) is 39.6 Å². The van der Waals surface area contributed by atoms with E-state index in [4.69, 9.17) is 4.74 Å². The van der Waals surface area contributed by atoms with E-state index in [0.717, 1.165) is 10.3 Å². The lowest BCUT2D eigenvalue weighted by Crippen LogP contribution is -2.31. The summed E-state index contributed by atoms with van der Waals surface area (Å²) >= 11 is 3.34. The summed E-state index contributed by atoms with van der Waals surface area (Å²) < 4.78 is 6.39. The maximum Gasteiger partial charge on any atom is 0.260 e. The van der Waals surface area contributed by atoms with Crippen molar-refractivity contribution in [2.45, 2.75) is 13.5 Å². The van der Waals surface area contributed by atoms with Crippen molar-refractivity contribution >= 4 is 21.8 Å². The SMILES string of the molecule is Cc1nc(CN(C)C(=O)COc2ccc(Br)cc2)n[nH]1. The van der Waals surface area contributed by atoms with Crippen LogP contribution in [0.3, 0.4) is 0 Å². The molecular formula is C13H15BrN4O2. The first-order chi connectivity index (χ1) is 9.54. The topological polar surface area (TPSA) is 71.1 Å². The van der Waals surface area contributed by atoms with E-state index in [1.165, 1.54) is 4.90 Å². The van der Waals surface area contributed by atoms with Gasteiger partial charge in [-0.2, -0.15) is 5.10 Å². The van der Waals surface area contributed by atoms with Gasteiger partial charge in [-0.3, -0.25) is 9.89 Å². The second-order valence-electron chi connectivity index (χ2n) is 4.33. The highest BCUT2D eigenvalue weighted by Crippen LogP contribution is 2.16. The van der Waals surface area contributed by atoms with Crippen LogP contribution in [0.25, 0.3) is 0 Å². The van der Waals surface area contributed by atoms with Crippen molar-refractivity contribution in [3.05, 3.63) is 40.4 Å². The lowest BCUT2D eigenvalue weighted by Gasteiger charge is -2.15. The van der Waals surface area contributed by atoms with Gasteiger partial charge in [0.1, 0.15) is 11.6 Å². The van der Waals surface area contributed by atoms with Gasteiger partial charge >= 0.3 is 0 Å². The van der Waals surface area contributed by atoms with E-state index in [2.05, 4.69) is 31.1 Å². The highest BCUT2D eigenvalue weighted by molar-refractivity contribution is 9.10. The molecule has 0 spiro atoms. The number of benzene rings is 1. The monoisotopic (exact) mass is 338 g/mol. The highest BCUT2D eigenvalue weighted by Gasteiger charge is 2.12. The molecule has 0 aliphatic heterocycles. The van der Waals surface area contributed by atoms with Gasteiger partial charge in [-0.1, -0.05) is 15.9 Å². The van der Waals surface area contributed by atoms with Gasteiger partial charge < -0.3 is 9.64 Å². The third-order valence-electron chi connectivity index (χ3n) is 2.62. The molecule has 1 heterocycles. The predicted octanol–water partition coefficient (Wildman–Crippen LogP) is 1.91. The maximum atomic E-state index is 11.9. The molecule has 0 bridgehead atoms. The highest BCUT2D eigenvalue weighted by atomic mass is 79.9. The smallest absolute Gasteiger partial charge is 0.260 e. The summed E-state index contributed by atoms with van der Waals surface area (Å²) in [6.45, 7) is 2.16. The maximum absolute atomic E-state index is 11.9. The van der Waals surface area contributed by atoms with Gasteiger partial charge in [-0.25, -0.2) is 4.98 Å². The molecule has 0 radical (unpaired) electrons. The Morgan fingerprint density at radius 2 is 2.10 bits per heavy atom. The van der Waals surface area contributed by atoms with Gasteiger partial charge in [0, 0.05) is 11.5 Å². The Kier molecular flexibility index (Phi) is 4.73. The van der Waals surface area contributed by atoms with Crippen molar-refractivity contribution in [2.24, 2.45) is 0 Å². The number of carbonyl (C=O) groups is 1. The third kappa shape index (κ3) is 4.06. The number of carbonyl (C=O) groups excluding carboxylic acids is 1. The Labute approximate surface area is 125 Å². The van der Waals surface area contributed by atoms with E-state index in [1.807, 2.05) is 19.1 Å². The molecule has 1 aromatic carbocycles. The number of ether oxygens (including phenoxy) is 1. The van der Waals surface area contributed by atoms with Crippen LogP contribution in [0, 0.1) is 6.92 Å². The number of halogens is 1. The van der Waals surface area contributed by atoms with Crippen molar-refractivity contribution in [1.29, 1.82) is 0 Å². The Balaban J connectivity index is 1.83. The minimum atomic E-state index is -0.129. The zero-order valence-corrected chi connectivity index (χ0v) is 12.8. The molecule has 20 heavy (non-hydrogen) atoms. The van der Waals surface area contributed by atoms with Gasteiger partial charge in [-0.05, 0) is 31.2 Å². The number of amides is 1. The molecule has 0 unspecified atom stereocenters. The van der Waals surface area contributed by atoms with Crippen molar-refractivity contribution in [2.75, 3.05) is 13.7 Å². The van der Waals surface area contributed by atoms with Crippen LogP contribution >= 0.6 is 15.9 Å². The number of aryl methyl sites for hydroxylation is 1. The van der Waals surface area contributed by atoms with Gasteiger partial charge in [-0.15, -0.1) is 0 Å². The quantitative estimate of drug-likeness (QED) is 0.903. The van der Waals surface area contributed by atoms with Crippen molar-refractivity contribution < 1.29 is 9.53 Å². The number of nitrogens with zero attached hydrogens (tertiary/aromatic N) is 3. The van der Waals surface area contributed by atoms with E-state index >= 15 is 0 Å². The number of hydrogen-bond donors (Lipinski definition) is 1. The van der Waals surface area contributed by atoms with Crippen LogP contribution in [0.1, 0.15) is 11.6 Å². The number of aromatic nitrogens is 3. The fraction of sp³-hybridized carbons (Fsp3) is 0.308. The van der Waals surface area contributed by atoms with E-state index in [0.29, 0.717) is 18.1 Å². The standard InChI is InChI=1S/C13H15BrN4O2/c1-9-15-12(17-16-9)7-18(2)13(19)8-20-11-5-3-10(14)4-6-11/h3-6H,7-8H2,1-2H3,(H,15,16,17). The van der Waals surface area contributed by atoms with Crippen LogP contribution < -0.4 is 4.74 Å². The van der Waals surface area contributed by atoms with Gasteiger partial charge in [0.25, 0.3) is 5.91 Å². The molecular weight excluding hydrogens is 324 g/mol. The zero-order valence-electron chi connectivity index (χ0n) is 11.3. The molecule has 0 aliphatic carbocycles. The molecule has 6 nitrogen and oxygen atoms in total. The summed E-state index contributed by atoms with van der Waals surface area (Å²) in [6, 6.07) is 7.33. The Morgan fingerprint density at radius 3 is 2.70 bits per heavy atom. The minimum absolute atomic E-state index is 0.0124. The van der Waals surface area contributed by atoms with Gasteiger partial charge in [0.05, 0.1) is 6.54 Å². The van der Waals surface area contributed by atoms with Crippen LogP contribution in [0.5, 0.6) is 5.75 Å². The summed E-state index contributed by atoms with van der Waals surface area (Å²) in [6.07, 6.45) is 0. The second-order valence-corrected chi connectivity index (χ2v) is 5.25.